The molecule has 1 aromatic heterocycles. The van der Waals surface area contributed by atoms with Gasteiger partial charge in [-0.25, -0.2) is 4.79 Å². The number of hydrogen-bond acceptors (Lipinski definition) is 5. The second kappa shape index (κ2) is 10.2. The number of halogens is 1. The van der Waals surface area contributed by atoms with E-state index in [0.29, 0.717) is 27.7 Å². The Balaban J connectivity index is 1.46. The number of carboxylic acids is 1. The standard InChI is InChI=1S/C26H21ClN2O5/c1-16-24(28-26(32)33-15-21-4-2-3-5-22(21)27)25(29-34-16)20-12-10-19(11-13-20)18-8-6-17(7-9-18)14-23(30)31/h2-13H,14-15H2,1H3,(H,28,32)(H,30,31). The van der Waals surface area contributed by atoms with Crippen molar-refractivity contribution < 1.29 is 24.0 Å². The van der Waals surface area contributed by atoms with Crippen molar-refractivity contribution in [1.29, 1.82) is 0 Å². The lowest BCUT2D eigenvalue weighted by Gasteiger charge is -2.09. The van der Waals surface area contributed by atoms with E-state index < -0.39 is 12.1 Å². The average Bonchev–Trinajstić information content (AvgIpc) is 3.18. The summed E-state index contributed by atoms with van der Waals surface area (Å²) in [5.74, 6) is -0.417. The van der Waals surface area contributed by atoms with Gasteiger partial charge in [0.15, 0.2) is 5.76 Å². The molecule has 0 atom stereocenters. The predicted octanol–water partition coefficient (Wildman–Crippen LogP) is 6.35. The average molecular weight is 477 g/mol. The first-order valence-electron chi connectivity index (χ1n) is 10.5. The van der Waals surface area contributed by atoms with Crippen LogP contribution in [0.25, 0.3) is 22.4 Å². The van der Waals surface area contributed by atoms with Crippen molar-refractivity contribution in [3.8, 4) is 22.4 Å². The van der Waals surface area contributed by atoms with Gasteiger partial charge in [-0.1, -0.05) is 83.5 Å². The number of nitrogens with zero attached hydrogens (tertiary/aromatic N) is 1. The Hall–Kier alpha value is -4.10. The van der Waals surface area contributed by atoms with Crippen molar-refractivity contribution in [2.75, 3.05) is 5.32 Å². The summed E-state index contributed by atoms with van der Waals surface area (Å²) in [7, 11) is 0. The Labute approximate surface area is 200 Å². The molecule has 0 spiro atoms. The third-order valence-corrected chi connectivity index (χ3v) is 5.58. The minimum Gasteiger partial charge on any atom is -0.481 e. The smallest absolute Gasteiger partial charge is 0.412 e. The number of aromatic nitrogens is 1. The molecule has 0 saturated carbocycles. The van der Waals surface area contributed by atoms with Gasteiger partial charge in [-0.2, -0.15) is 0 Å². The summed E-state index contributed by atoms with van der Waals surface area (Å²) in [5, 5.41) is 16.2. The predicted molar refractivity (Wildman–Crippen MR) is 129 cm³/mol. The van der Waals surface area contributed by atoms with Crippen molar-refractivity contribution >= 4 is 29.4 Å². The number of carbonyl (C=O) groups is 2. The lowest BCUT2D eigenvalue weighted by Crippen LogP contribution is -2.14. The molecule has 1 amide bonds. The van der Waals surface area contributed by atoms with Gasteiger partial charge in [0.25, 0.3) is 0 Å². The molecule has 0 fully saturated rings. The lowest BCUT2D eigenvalue weighted by atomic mass is 10.0. The van der Waals surface area contributed by atoms with E-state index >= 15 is 0 Å². The maximum Gasteiger partial charge on any atom is 0.412 e. The van der Waals surface area contributed by atoms with Crippen LogP contribution >= 0.6 is 11.6 Å². The highest BCUT2D eigenvalue weighted by atomic mass is 35.5. The SMILES string of the molecule is Cc1onc(-c2ccc(-c3ccc(CC(=O)O)cc3)cc2)c1NC(=O)OCc1ccccc1Cl. The summed E-state index contributed by atoms with van der Waals surface area (Å²) in [5.41, 5.74) is 5.02. The fourth-order valence-corrected chi connectivity index (χ4v) is 3.61. The minimum absolute atomic E-state index is 0.0126. The van der Waals surface area contributed by atoms with Crippen LogP contribution in [0.3, 0.4) is 0 Å². The molecule has 8 heteroatoms. The molecule has 172 valence electrons. The first kappa shape index (κ1) is 23.1. The van der Waals surface area contributed by atoms with Gasteiger partial charge in [0.2, 0.25) is 0 Å². The summed E-state index contributed by atoms with van der Waals surface area (Å²) in [4.78, 5) is 23.2. The van der Waals surface area contributed by atoms with Gasteiger partial charge in [-0.05, 0) is 29.7 Å². The second-order valence-corrected chi connectivity index (χ2v) is 8.01. The highest BCUT2D eigenvalue weighted by Gasteiger charge is 2.18. The molecule has 4 rings (SSSR count). The highest BCUT2D eigenvalue weighted by Crippen LogP contribution is 2.32. The van der Waals surface area contributed by atoms with Gasteiger partial charge in [0.1, 0.15) is 18.0 Å². The zero-order valence-corrected chi connectivity index (χ0v) is 19.0. The number of benzene rings is 3. The van der Waals surface area contributed by atoms with E-state index in [1.54, 1.807) is 37.3 Å². The van der Waals surface area contributed by atoms with E-state index in [9.17, 15) is 9.59 Å². The molecular formula is C26H21ClN2O5. The molecule has 0 aliphatic heterocycles. The number of nitrogens with one attached hydrogen (secondary N) is 1. The van der Waals surface area contributed by atoms with E-state index in [4.69, 9.17) is 26.0 Å². The van der Waals surface area contributed by atoms with E-state index in [1.165, 1.54) is 0 Å². The number of rotatable bonds is 7. The summed E-state index contributed by atoms with van der Waals surface area (Å²) < 4.78 is 10.6. The topological polar surface area (TPSA) is 102 Å². The number of anilines is 1. The van der Waals surface area contributed by atoms with Crippen LogP contribution < -0.4 is 5.32 Å². The van der Waals surface area contributed by atoms with E-state index in [1.807, 2.05) is 42.5 Å². The third-order valence-electron chi connectivity index (χ3n) is 5.21. The Kier molecular flexibility index (Phi) is 6.94. The van der Waals surface area contributed by atoms with Crippen molar-refractivity contribution in [2.45, 2.75) is 20.0 Å². The number of aryl methyl sites for hydroxylation is 1. The molecule has 0 unspecified atom stereocenters. The largest absolute Gasteiger partial charge is 0.481 e. The zero-order chi connectivity index (χ0) is 24.1. The van der Waals surface area contributed by atoms with Crippen LogP contribution in [0.4, 0.5) is 10.5 Å². The molecule has 34 heavy (non-hydrogen) atoms. The van der Waals surface area contributed by atoms with E-state index in [0.717, 1.165) is 22.3 Å². The van der Waals surface area contributed by atoms with Crippen LogP contribution in [0.1, 0.15) is 16.9 Å². The molecule has 0 saturated heterocycles. The summed E-state index contributed by atoms with van der Waals surface area (Å²) in [6, 6.07) is 22.1. The Morgan fingerprint density at radius 1 is 0.971 bits per heavy atom. The van der Waals surface area contributed by atoms with Crippen LogP contribution in [-0.2, 0) is 22.6 Å². The van der Waals surface area contributed by atoms with E-state index in [2.05, 4.69) is 10.5 Å². The first-order chi connectivity index (χ1) is 16.4. The first-order valence-corrected chi connectivity index (χ1v) is 10.8. The Morgan fingerprint density at radius 2 is 1.59 bits per heavy atom. The number of carboxylic acid groups (broad SMARTS) is 1. The van der Waals surface area contributed by atoms with Crippen LogP contribution in [0.5, 0.6) is 0 Å². The van der Waals surface area contributed by atoms with Gasteiger partial charge in [0, 0.05) is 16.1 Å². The normalized spacial score (nSPS) is 10.6. The van der Waals surface area contributed by atoms with Gasteiger partial charge in [-0.15, -0.1) is 0 Å². The Bertz CT molecular complexity index is 1310. The maximum atomic E-state index is 12.4. The van der Waals surface area contributed by atoms with Crippen molar-refractivity contribution in [2.24, 2.45) is 0 Å². The molecule has 2 N–H and O–H groups in total. The molecule has 0 aliphatic rings. The van der Waals surface area contributed by atoms with Crippen LogP contribution in [0.2, 0.25) is 5.02 Å². The zero-order valence-electron chi connectivity index (χ0n) is 18.2. The number of hydrogen-bond donors (Lipinski definition) is 2. The molecule has 4 aromatic rings. The van der Waals surface area contributed by atoms with Crippen molar-refractivity contribution in [1.82, 2.24) is 5.16 Å². The molecule has 0 radical (unpaired) electrons. The van der Waals surface area contributed by atoms with Crippen LogP contribution in [-0.4, -0.2) is 22.3 Å². The third kappa shape index (κ3) is 5.44. The molecule has 3 aromatic carbocycles. The molecular weight excluding hydrogens is 456 g/mol. The van der Waals surface area contributed by atoms with Crippen molar-refractivity contribution in [3.05, 3.63) is 94.7 Å². The van der Waals surface area contributed by atoms with Crippen LogP contribution in [0, 0.1) is 6.92 Å². The maximum absolute atomic E-state index is 12.4. The quantitative estimate of drug-likeness (QED) is 0.322. The number of carbonyl (C=O) groups excluding carboxylic acids is 1. The van der Waals surface area contributed by atoms with Gasteiger partial charge >= 0.3 is 12.1 Å². The summed E-state index contributed by atoms with van der Waals surface area (Å²) >= 11 is 6.11. The van der Waals surface area contributed by atoms with E-state index in [-0.39, 0.29) is 13.0 Å². The molecule has 0 aliphatic carbocycles. The minimum atomic E-state index is -0.864. The van der Waals surface area contributed by atoms with Gasteiger partial charge in [0.05, 0.1) is 6.42 Å². The highest BCUT2D eigenvalue weighted by molar-refractivity contribution is 6.31. The van der Waals surface area contributed by atoms with Gasteiger partial charge < -0.3 is 14.4 Å². The fraction of sp³-hybridized carbons (Fsp3) is 0.115. The Morgan fingerprint density at radius 3 is 2.24 bits per heavy atom. The molecule has 0 bridgehead atoms. The van der Waals surface area contributed by atoms with Crippen LogP contribution in [0.15, 0.2) is 77.3 Å². The second-order valence-electron chi connectivity index (χ2n) is 7.60. The summed E-state index contributed by atoms with van der Waals surface area (Å²) in [6.45, 7) is 1.73. The summed E-state index contributed by atoms with van der Waals surface area (Å²) in [6.07, 6.45) is -0.660. The monoisotopic (exact) mass is 476 g/mol. The van der Waals surface area contributed by atoms with Gasteiger partial charge in [-0.3, -0.25) is 10.1 Å². The van der Waals surface area contributed by atoms with Crippen molar-refractivity contribution in [3.63, 3.8) is 0 Å². The molecule has 7 nitrogen and oxygen atoms in total. The number of aliphatic carboxylic acids is 1. The number of ether oxygens (including phenoxy) is 1. The molecule has 1 heterocycles. The lowest BCUT2D eigenvalue weighted by molar-refractivity contribution is -0.136. The fourth-order valence-electron chi connectivity index (χ4n) is 3.42. The number of amides is 1.